The van der Waals surface area contributed by atoms with E-state index in [0.717, 1.165) is 6.42 Å². The van der Waals surface area contributed by atoms with Crippen molar-refractivity contribution in [2.24, 2.45) is 11.8 Å². The Morgan fingerprint density at radius 1 is 1.27 bits per heavy atom. The molecule has 0 heterocycles. The van der Waals surface area contributed by atoms with Crippen LogP contribution in [-0.4, -0.2) is 11.7 Å². The minimum absolute atomic E-state index is 0.362. The fourth-order valence-electron chi connectivity index (χ4n) is 1.47. The lowest BCUT2D eigenvalue weighted by Gasteiger charge is -2.19. The van der Waals surface area contributed by atoms with Gasteiger partial charge in [-0.15, -0.1) is 0 Å². The molecule has 11 heavy (non-hydrogen) atoms. The molecule has 2 atom stereocenters. The highest BCUT2D eigenvalue weighted by atomic mass is 16.3. The Kier molecular flexibility index (Phi) is 6.63. The largest absolute Gasteiger partial charge is 0.396 e. The molecule has 0 aromatic carbocycles. The Bertz CT molecular complexity index is 76.9. The van der Waals surface area contributed by atoms with Crippen LogP contribution in [0.25, 0.3) is 0 Å². The fraction of sp³-hybridized carbons (Fsp3) is 1.00. The van der Waals surface area contributed by atoms with Gasteiger partial charge in [0.05, 0.1) is 0 Å². The van der Waals surface area contributed by atoms with Crippen molar-refractivity contribution in [2.75, 3.05) is 6.61 Å². The van der Waals surface area contributed by atoms with Crippen LogP contribution in [0.5, 0.6) is 0 Å². The van der Waals surface area contributed by atoms with Crippen molar-refractivity contribution >= 4 is 0 Å². The SMILES string of the molecule is CCCCC(C)C(CC)CO. The van der Waals surface area contributed by atoms with Gasteiger partial charge in [0.25, 0.3) is 0 Å². The first-order chi connectivity index (χ1) is 5.26. The lowest BCUT2D eigenvalue weighted by Crippen LogP contribution is -2.14. The quantitative estimate of drug-likeness (QED) is 0.630. The highest BCUT2D eigenvalue weighted by Crippen LogP contribution is 2.20. The zero-order valence-electron chi connectivity index (χ0n) is 8.14. The summed E-state index contributed by atoms with van der Waals surface area (Å²) in [5.41, 5.74) is 0. The van der Waals surface area contributed by atoms with Crippen LogP contribution in [0.1, 0.15) is 46.5 Å². The second-order valence-corrected chi connectivity index (χ2v) is 3.47. The van der Waals surface area contributed by atoms with Crippen LogP contribution in [0.2, 0.25) is 0 Å². The Labute approximate surface area is 70.8 Å². The summed E-state index contributed by atoms with van der Waals surface area (Å²) in [7, 11) is 0. The van der Waals surface area contributed by atoms with Gasteiger partial charge in [0.15, 0.2) is 0 Å². The molecule has 0 saturated heterocycles. The van der Waals surface area contributed by atoms with Crippen LogP contribution in [-0.2, 0) is 0 Å². The van der Waals surface area contributed by atoms with E-state index in [1.54, 1.807) is 0 Å². The van der Waals surface area contributed by atoms with Gasteiger partial charge in [-0.3, -0.25) is 0 Å². The lowest BCUT2D eigenvalue weighted by molar-refractivity contribution is 0.171. The topological polar surface area (TPSA) is 20.2 Å². The summed E-state index contributed by atoms with van der Waals surface area (Å²) in [5, 5.41) is 9.00. The summed E-state index contributed by atoms with van der Waals surface area (Å²) >= 11 is 0. The van der Waals surface area contributed by atoms with Gasteiger partial charge < -0.3 is 5.11 Å². The van der Waals surface area contributed by atoms with Crippen molar-refractivity contribution in [3.05, 3.63) is 0 Å². The lowest BCUT2D eigenvalue weighted by atomic mass is 9.88. The zero-order valence-corrected chi connectivity index (χ0v) is 8.14. The third-order valence-corrected chi connectivity index (χ3v) is 2.58. The summed E-state index contributed by atoms with van der Waals surface area (Å²) in [6, 6.07) is 0. The minimum Gasteiger partial charge on any atom is -0.396 e. The summed E-state index contributed by atoms with van der Waals surface area (Å²) in [5.74, 6) is 1.23. The van der Waals surface area contributed by atoms with Crippen LogP contribution in [0.3, 0.4) is 0 Å². The molecule has 0 radical (unpaired) electrons. The average Bonchev–Trinajstić information content (AvgIpc) is 2.03. The van der Waals surface area contributed by atoms with Crippen molar-refractivity contribution in [2.45, 2.75) is 46.5 Å². The molecule has 1 N–H and O–H groups in total. The molecule has 0 aromatic rings. The van der Waals surface area contributed by atoms with Crippen molar-refractivity contribution in [1.29, 1.82) is 0 Å². The van der Waals surface area contributed by atoms with E-state index in [2.05, 4.69) is 20.8 Å². The van der Waals surface area contributed by atoms with Gasteiger partial charge in [0, 0.05) is 6.61 Å². The highest BCUT2D eigenvalue weighted by Gasteiger charge is 2.12. The predicted octanol–water partition coefficient (Wildman–Crippen LogP) is 2.83. The summed E-state index contributed by atoms with van der Waals surface area (Å²) in [4.78, 5) is 0. The molecule has 0 aliphatic carbocycles. The summed E-state index contributed by atoms with van der Waals surface area (Å²) in [6.07, 6.45) is 4.96. The average molecular weight is 158 g/mol. The standard InChI is InChI=1S/C10H22O/c1-4-6-7-9(3)10(5-2)8-11/h9-11H,4-8H2,1-3H3. The molecule has 0 spiro atoms. The van der Waals surface area contributed by atoms with Crippen molar-refractivity contribution < 1.29 is 5.11 Å². The molecule has 1 heteroatoms. The van der Waals surface area contributed by atoms with Gasteiger partial charge in [-0.25, -0.2) is 0 Å². The normalized spacial score (nSPS) is 16.4. The monoisotopic (exact) mass is 158 g/mol. The highest BCUT2D eigenvalue weighted by molar-refractivity contribution is 4.63. The molecular formula is C10H22O. The first-order valence-corrected chi connectivity index (χ1v) is 4.87. The van der Waals surface area contributed by atoms with E-state index in [9.17, 15) is 0 Å². The Hall–Kier alpha value is -0.0400. The molecule has 0 rings (SSSR count). The van der Waals surface area contributed by atoms with Crippen LogP contribution in [0.15, 0.2) is 0 Å². The Morgan fingerprint density at radius 3 is 2.27 bits per heavy atom. The first kappa shape index (κ1) is 11.0. The van der Waals surface area contributed by atoms with Gasteiger partial charge in [0.2, 0.25) is 0 Å². The van der Waals surface area contributed by atoms with Gasteiger partial charge >= 0.3 is 0 Å². The molecule has 2 unspecified atom stereocenters. The predicted molar refractivity (Wildman–Crippen MR) is 49.6 cm³/mol. The second-order valence-electron chi connectivity index (χ2n) is 3.47. The molecule has 0 bridgehead atoms. The maximum Gasteiger partial charge on any atom is 0.0461 e. The maximum absolute atomic E-state index is 9.00. The molecule has 1 nitrogen and oxygen atoms in total. The number of hydrogen-bond donors (Lipinski definition) is 1. The maximum atomic E-state index is 9.00. The molecule has 68 valence electrons. The second kappa shape index (κ2) is 6.66. The molecule has 0 aliphatic rings. The number of rotatable bonds is 6. The molecular weight excluding hydrogens is 136 g/mol. The number of hydrogen-bond acceptors (Lipinski definition) is 1. The molecule has 0 aromatic heterocycles. The Morgan fingerprint density at radius 2 is 1.91 bits per heavy atom. The fourth-order valence-corrected chi connectivity index (χ4v) is 1.47. The molecule has 0 saturated carbocycles. The zero-order chi connectivity index (χ0) is 8.69. The van der Waals surface area contributed by atoms with E-state index in [4.69, 9.17) is 5.11 Å². The number of unbranched alkanes of at least 4 members (excludes halogenated alkanes) is 1. The third kappa shape index (κ3) is 4.41. The third-order valence-electron chi connectivity index (χ3n) is 2.58. The Balaban J connectivity index is 3.51. The minimum atomic E-state index is 0.362. The summed E-state index contributed by atoms with van der Waals surface area (Å²) in [6.45, 7) is 6.98. The first-order valence-electron chi connectivity index (χ1n) is 4.87. The molecule has 0 aliphatic heterocycles. The molecule has 0 amide bonds. The number of aliphatic hydroxyl groups excluding tert-OH is 1. The van der Waals surface area contributed by atoms with Crippen LogP contribution in [0, 0.1) is 11.8 Å². The van der Waals surface area contributed by atoms with E-state index in [1.165, 1.54) is 19.3 Å². The van der Waals surface area contributed by atoms with Crippen LogP contribution in [0.4, 0.5) is 0 Å². The van der Waals surface area contributed by atoms with Crippen molar-refractivity contribution in [1.82, 2.24) is 0 Å². The van der Waals surface area contributed by atoms with Crippen LogP contribution >= 0.6 is 0 Å². The van der Waals surface area contributed by atoms with Crippen molar-refractivity contribution in [3.63, 3.8) is 0 Å². The number of aliphatic hydroxyl groups is 1. The smallest absolute Gasteiger partial charge is 0.0461 e. The van der Waals surface area contributed by atoms with E-state index in [-0.39, 0.29) is 0 Å². The van der Waals surface area contributed by atoms with Crippen molar-refractivity contribution in [3.8, 4) is 0 Å². The van der Waals surface area contributed by atoms with Gasteiger partial charge in [-0.1, -0.05) is 46.5 Å². The summed E-state index contributed by atoms with van der Waals surface area (Å²) < 4.78 is 0. The van der Waals surface area contributed by atoms with E-state index in [0.29, 0.717) is 18.4 Å². The van der Waals surface area contributed by atoms with Crippen LogP contribution < -0.4 is 0 Å². The van der Waals surface area contributed by atoms with E-state index < -0.39 is 0 Å². The van der Waals surface area contributed by atoms with Gasteiger partial charge in [0.1, 0.15) is 0 Å². The van der Waals surface area contributed by atoms with E-state index in [1.807, 2.05) is 0 Å². The van der Waals surface area contributed by atoms with Gasteiger partial charge in [-0.2, -0.15) is 0 Å². The van der Waals surface area contributed by atoms with E-state index >= 15 is 0 Å². The van der Waals surface area contributed by atoms with Gasteiger partial charge in [-0.05, 0) is 11.8 Å². The molecule has 0 fully saturated rings.